The quantitative estimate of drug-likeness (QED) is 0.462. The van der Waals surface area contributed by atoms with Crippen LogP contribution in [0.3, 0.4) is 0 Å². The van der Waals surface area contributed by atoms with E-state index in [2.05, 4.69) is 4.74 Å². The van der Waals surface area contributed by atoms with Crippen LogP contribution in [-0.4, -0.2) is 32.9 Å². The molecule has 1 unspecified atom stereocenters. The van der Waals surface area contributed by atoms with Gasteiger partial charge in [0.15, 0.2) is 6.10 Å². The van der Waals surface area contributed by atoms with E-state index in [0.717, 1.165) is 0 Å². The summed E-state index contributed by atoms with van der Waals surface area (Å²) in [6, 6.07) is 0. The van der Waals surface area contributed by atoms with E-state index in [1.165, 1.54) is 13.4 Å². The lowest BCUT2D eigenvalue weighted by atomic mass is 10.2. The third-order valence-corrected chi connectivity index (χ3v) is 1.42. The highest BCUT2D eigenvalue weighted by molar-refractivity contribution is 5.74. The van der Waals surface area contributed by atoms with Crippen molar-refractivity contribution in [3.8, 4) is 0 Å². The van der Waals surface area contributed by atoms with Crippen molar-refractivity contribution in [2.75, 3.05) is 20.8 Å². The Hall–Kier alpha value is -1.03. The first-order valence-corrected chi connectivity index (χ1v) is 4.13. The molecule has 4 nitrogen and oxygen atoms in total. The second-order valence-corrected chi connectivity index (χ2v) is 2.32. The maximum atomic E-state index is 11.1. The number of rotatable bonds is 6. The van der Waals surface area contributed by atoms with E-state index < -0.39 is 6.10 Å². The Labute approximate surface area is 78.5 Å². The van der Waals surface area contributed by atoms with Crippen molar-refractivity contribution < 1.29 is 19.0 Å². The molecule has 0 rings (SSSR count). The number of esters is 1. The average Bonchev–Trinajstić information content (AvgIpc) is 2.13. The van der Waals surface area contributed by atoms with Crippen molar-refractivity contribution in [3.63, 3.8) is 0 Å². The van der Waals surface area contributed by atoms with Gasteiger partial charge in [-0.1, -0.05) is 0 Å². The van der Waals surface area contributed by atoms with Gasteiger partial charge in [0, 0.05) is 13.5 Å². The predicted octanol–water partition coefficient (Wildman–Crippen LogP) is 1.11. The minimum absolute atomic E-state index is 0.342. The van der Waals surface area contributed by atoms with Crippen LogP contribution in [0.25, 0.3) is 0 Å². The van der Waals surface area contributed by atoms with E-state index >= 15 is 0 Å². The van der Waals surface area contributed by atoms with Gasteiger partial charge >= 0.3 is 5.97 Å². The van der Waals surface area contributed by atoms with Crippen LogP contribution in [-0.2, 0) is 19.0 Å². The molecule has 76 valence electrons. The summed E-state index contributed by atoms with van der Waals surface area (Å²) < 4.78 is 14.4. The van der Waals surface area contributed by atoms with E-state index in [1.54, 1.807) is 20.1 Å². The molecule has 0 aromatic heterocycles. The molecule has 0 aliphatic heterocycles. The Morgan fingerprint density at radius 1 is 1.46 bits per heavy atom. The standard InChI is InChI=1S/C9H16O4/c1-4-13-9(10)8(12-3)6-5-7-11-2/h5,7-8H,4,6H2,1-3H3/b7-5+. The van der Waals surface area contributed by atoms with E-state index in [1.807, 2.05) is 0 Å². The Morgan fingerprint density at radius 3 is 2.62 bits per heavy atom. The van der Waals surface area contributed by atoms with Gasteiger partial charge in [-0.05, 0) is 13.0 Å². The average molecular weight is 188 g/mol. The lowest BCUT2D eigenvalue weighted by Crippen LogP contribution is -2.24. The normalized spacial score (nSPS) is 12.8. The van der Waals surface area contributed by atoms with Crippen LogP contribution in [0.15, 0.2) is 12.3 Å². The molecule has 0 radical (unpaired) electrons. The fraction of sp³-hybridized carbons (Fsp3) is 0.667. The number of carbonyl (C=O) groups excluding carboxylic acids is 1. The van der Waals surface area contributed by atoms with Gasteiger partial charge in [-0.3, -0.25) is 0 Å². The number of carbonyl (C=O) groups is 1. The maximum absolute atomic E-state index is 11.1. The van der Waals surface area contributed by atoms with Crippen LogP contribution in [0.1, 0.15) is 13.3 Å². The summed E-state index contributed by atoms with van der Waals surface area (Å²) >= 11 is 0. The third kappa shape index (κ3) is 5.25. The van der Waals surface area contributed by atoms with E-state index in [9.17, 15) is 4.79 Å². The second kappa shape index (κ2) is 7.61. The zero-order valence-corrected chi connectivity index (χ0v) is 8.28. The lowest BCUT2D eigenvalue weighted by molar-refractivity contribution is -0.154. The Kier molecular flexibility index (Phi) is 7.01. The SMILES string of the molecule is CCOC(=O)C(C/C=C/OC)OC. The van der Waals surface area contributed by atoms with Crippen molar-refractivity contribution in [3.05, 3.63) is 12.3 Å². The molecule has 0 spiro atoms. The van der Waals surface area contributed by atoms with Gasteiger partial charge in [0.2, 0.25) is 0 Å². The fourth-order valence-electron chi connectivity index (χ4n) is 0.799. The summed E-state index contributed by atoms with van der Waals surface area (Å²) in [5.74, 6) is -0.342. The van der Waals surface area contributed by atoms with Crippen molar-refractivity contribution in [2.24, 2.45) is 0 Å². The highest BCUT2D eigenvalue weighted by Crippen LogP contribution is 2.01. The van der Waals surface area contributed by atoms with Crippen molar-refractivity contribution in [1.82, 2.24) is 0 Å². The molecule has 0 amide bonds. The summed E-state index contributed by atoms with van der Waals surface area (Å²) in [5.41, 5.74) is 0. The van der Waals surface area contributed by atoms with Crippen LogP contribution < -0.4 is 0 Å². The van der Waals surface area contributed by atoms with Crippen LogP contribution in [0, 0.1) is 0 Å². The summed E-state index contributed by atoms with van der Waals surface area (Å²) in [5, 5.41) is 0. The van der Waals surface area contributed by atoms with Gasteiger partial charge in [-0.15, -0.1) is 0 Å². The van der Waals surface area contributed by atoms with E-state index in [-0.39, 0.29) is 5.97 Å². The summed E-state index contributed by atoms with van der Waals surface area (Å²) in [6.45, 7) is 2.13. The molecule has 0 aromatic carbocycles. The van der Waals surface area contributed by atoms with Crippen LogP contribution in [0.5, 0.6) is 0 Å². The molecule has 1 atom stereocenters. The molecule has 0 N–H and O–H groups in total. The fourth-order valence-corrected chi connectivity index (χ4v) is 0.799. The van der Waals surface area contributed by atoms with Crippen LogP contribution >= 0.6 is 0 Å². The van der Waals surface area contributed by atoms with Gasteiger partial charge < -0.3 is 14.2 Å². The largest absolute Gasteiger partial charge is 0.505 e. The first-order valence-electron chi connectivity index (χ1n) is 4.13. The number of hydrogen-bond acceptors (Lipinski definition) is 4. The maximum Gasteiger partial charge on any atom is 0.335 e. The molecular weight excluding hydrogens is 172 g/mol. The van der Waals surface area contributed by atoms with Gasteiger partial charge in [0.1, 0.15) is 0 Å². The second-order valence-electron chi connectivity index (χ2n) is 2.32. The first-order chi connectivity index (χ1) is 6.26. The Morgan fingerprint density at radius 2 is 2.15 bits per heavy atom. The van der Waals surface area contributed by atoms with Gasteiger partial charge in [-0.2, -0.15) is 0 Å². The van der Waals surface area contributed by atoms with E-state index in [0.29, 0.717) is 13.0 Å². The minimum atomic E-state index is -0.536. The van der Waals surface area contributed by atoms with Gasteiger partial charge in [-0.25, -0.2) is 4.79 Å². The molecule has 0 heterocycles. The molecule has 0 saturated heterocycles. The molecule has 0 aliphatic carbocycles. The molecule has 0 aromatic rings. The topological polar surface area (TPSA) is 44.8 Å². The monoisotopic (exact) mass is 188 g/mol. The highest BCUT2D eigenvalue weighted by Gasteiger charge is 2.16. The Bertz CT molecular complexity index is 165. The number of hydrogen-bond donors (Lipinski definition) is 0. The van der Waals surface area contributed by atoms with Crippen LogP contribution in [0.2, 0.25) is 0 Å². The van der Waals surface area contributed by atoms with Crippen molar-refractivity contribution in [1.29, 1.82) is 0 Å². The molecule has 0 fully saturated rings. The highest BCUT2D eigenvalue weighted by atomic mass is 16.6. The zero-order chi connectivity index (χ0) is 10.1. The minimum Gasteiger partial charge on any atom is -0.505 e. The van der Waals surface area contributed by atoms with E-state index in [4.69, 9.17) is 9.47 Å². The molecule has 4 heteroatoms. The molecule has 0 saturated carbocycles. The van der Waals surface area contributed by atoms with Crippen molar-refractivity contribution in [2.45, 2.75) is 19.4 Å². The smallest absolute Gasteiger partial charge is 0.335 e. The predicted molar refractivity (Wildman–Crippen MR) is 48.2 cm³/mol. The molecule has 0 bridgehead atoms. The first kappa shape index (κ1) is 12.0. The number of ether oxygens (including phenoxy) is 3. The summed E-state index contributed by atoms with van der Waals surface area (Å²) in [7, 11) is 3.02. The van der Waals surface area contributed by atoms with Crippen LogP contribution in [0.4, 0.5) is 0 Å². The molecule has 0 aliphatic rings. The van der Waals surface area contributed by atoms with Gasteiger partial charge in [0.05, 0.1) is 20.0 Å². The Balaban J connectivity index is 3.87. The lowest BCUT2D eigenvalue weighted by Gasteiger charge is -2.10. The van der Waals surface area contributed by atoms with Crippen molar-refractivity contribution >= 4 is 5.97 Å². The number of methoxy groups -OCH3 is 2. The zero-order valence-electron chi connectivity index (χ0n) is 8.28. The third-order valence-electron chi connectivity index (χ3n) is 1.42. The summed E-state index contributed by atoms with van der Waals surface area (Å²) in [4.78, 5) is 11.1. The summed E-state index contributed by atoms with van der Waals surface area (Å²) in [6.07, 6.45) is 3.14. The molecule has 13 heavy (non-hydrogen) atoms. The van der Waals surface area contributed by atoms with Gasteiger partial charge in [0.25, 0.3) is 0 Å². The molecular formula is C9H16O4.